The Labute approximate surface area is 147 Å². The smallest absolute Gasteiger partial charge is 0.267 e. The summed E-state index contributed by atoms with van der Waals surface area (Å²) in [5.41, 5.74) is 1.62. The van der Waals surface area contributed by atoms with Crippen LogP contribution in [0.3, 0.4) is 0 Å². The average Bonchev–Trinajstić information content (AvgIpc) is 3.29. The molecule has 0 aliphatic carbocycles. The topological polar surface area (TPSA) is 54.1 Å². The molecule has 0 saturated carbocycles. The molecule has 1 fully saturated rings. The van der Waals surface area contributed by atoms with E-state index < -0.39 is 0 Å². The molecule has 1 amide bonds. The summed E-state index contributed by atoms with van der Waals surface area (Å²) >= 11 is 0. The van der Waals surface area contributed by atoms with Gasteiger partial charge in [-0.25, -0.2) is 0 Å². The zero-order chi connectivity index (χ0) is 17.2. The van der Waals surface area contributed by atoms with Gasteiger partial charge in [0, 0.05) is 23.6 Å². The molecule has 1 aliphatic heterocycles. The van der Waals surface area contributed by atoms with Gasteiger partial charge >= 0.3 is 0 Å². The SMILES string of the molecule is C[C@H](CC[C@H]1CCCO1)NC(=O)c1cc2c(ccc3ccccc32)[nH]1. The van der Waals surface area contributed by atoms with Crippen molar-refractivity contribution in [2.45, 2.75) is 44.8 Å². The molecule has 0 spiro atoms. The molecule has 0 radical (unpaired) electrons. The number of amides is 1. The summed E-state index contributed by atoms with van der Waals surface area (Å²) < 4.78 is 5.65. The summed E-state index contributed by atoms with van der Waals surface area (Å²) in [6, 6.07) is 14.5. The third-order valence-corrected chi connectivity index (χ3v) is 5.10. The lowest BCUT2D eigenvalue weighted by atomic mass is 10.1. The molecule has 25 heavy (non-hydrogen) atoms. The highest BCUT2D eigenvalue weighted by molar-refractivity contribution is 6.09. The molecular formula is C21H24N2O2. The average molecular weight is 336 g/mol. The van der Waals surface area contributed by atoms with Crippen molar-refractivity contribution in [3.63, 3.8) is 0 Å². The zero-order valence-corrected chi connectivity index (χ0v) is 14.5. The Morgan fingerprint density at radius 1 is 1.28 bits per heavy atom. The first-order chi connectivity index (χ1) is 12.2. The minimum Gasteiger partial charge on any atom is -0.378 e. The van der Waals surface area contributed by atoms with Crippen LogP contribution in [0.2, 0.25) is 0 Å². The van der Waals surface area contributed by atoms with E-state index in [1.165, 1.54) is 10.8 Å². The van der Waals surface area contributed by atoms with E-state index in [1.54, 1.807) is 0 Å². The van der Waals surface area contributed by atoms with Gasteiger partial charge in [-0.15, -0.1) is 0 Å². The van der Waals surface area contributed by atoms with Gasteiger partial charge in [-0.05, 0) is 55.5 Å². The number of carbonyl (C=O) groups excluding carboxylic acids is 1. The Kier molecular flexibility index (Phi) is 4.45. The van der Waals surface area contributed by atoms with Crippen LogP contribution in [0.25, 0.3) is 21.7 Å². The Balaban J connectivity index is 1.47. The van der Waals surface area contributed by atoms with Gasteiger partial charge in [0.05, 0.1) is 6.10 Å². The van der Waals surface area contributed by atoms with Crippen molar-refractivity contribution in [1.82, 2.24) is 10.3 Å². The highest BCUT2D eigenvalue weighted by atomic mass is 16.5. The Morgan fingerprint density at radius 3 is 3.00 bits per heavy atom. The molecule has 4 heteroatoms. The zero-order valence-electron chi connectivity index (χ0n) is 14.5. The van der Waals surface area contributed by atoms with Crippen molar-refractivity contribution in [3.05, 3.63) is 48.2 Å². The molecule has 2 heterocycles. The van der Waals surface area contributed by atoms with Gasteiger partial charge in [0.1, 0.15) is 5.69 Å². The van der Waals surface area contributed by atoms with Crippen LogP contribution in [0.15, 0.2) is 42.5 Å². The van der Waals surface area contributed by atoms with Crippen LogP contribution in [-0.4, -0.2) is 29.6 Å². The largest absolute Gasteiger partial charge is 0.378 e. The van der Waals surface area contributed by atoms with Crippen LogP contribution in [-0.2, 0) is 4.74 Å². The minimum absolute atomic E-state index is 0.0416. The standard InChI is InChI=1S/C21H24N2O2/c1-14(8-10-16-6-4-12-25-16)22-21(24)20-13-18-17-7-3-2-5-15(17)9-11-19(18)23-20/h2-3,5,7,9,11,13-14,16,23H,4,6,8,10,12H2,1H3,(H,22,24)/t14-,16-/m1/s1. The van der Waals surface area contributed by atoms with Crippen molar-refractivity contribution in [2.75, 3.05) is 6.61 Å². The summed E-state index contributed by atoms with van der Waals surface area (Å²) in [4.78, 5) is 15.8. The third-order valence-electron chi connectivity index (χ3n) is 5.10. The third kappa shape index (κ3) is 3.40. The van der Waals surface area contributed by atoms with Gasteiger partial charge in [-0.2, -0.15) is 0 Å². The number of nitrogens with one attached hydrogen (secondary N) is 2. The molecule has 4 rings (SSSR count). The molecule has 130 valence electrons. The van der Waals surface area contributed by atoms with Crippen LogP contribution >= 0.6 is 0 Å². The first-order valence-electron chi connectivity index (χ1n) is 9.13. The minimum atomic E-state index is -0.0416. The van der Waals surface area contributed by atoms with Crippen LogP contribution in [0.1, 0.15) is 43.1 Å². The van der Waals surface area contributed by atoms with Gasteiger partial charge in [0.15, 0.2) is 0 Å². The van der Waals surface area contributed by atoms with Gasteiger partial charge in [0.2, 0.25) is 0 Å². The second-order valence-electron chi connectivity index (χ2n) is 7.02. The quantitative estimate of drug-likeness (QED) is 0.725. The summed E-state index contributed by atoms with van der Waals surface area (Å²) in [6.07, 6.45) is 4.64. The maximum atomic E-state index is 12.6. The van der Waals surface area contributed by atoms with Crippen molar-refractivity contribution in [2.24, 2.45) is 0 Å². The summed E-state index contributed by atoms with van der Waals surface area (Å²) in [5.74, 6) is -0.0416. The number of carbonyl (C=O) groups is 1. The van der Waals surface area contributed by atoms with Crippen molar-refractivity contribution >= 4 is 27.6 Å². The molecule has 0 unspecified atom stereocenters. The number of aromatic amines is 1. The fourth-order valence-corrected chi connectivity index (χ4v) is 3.69. The first kappa shape index (κ1) is 16.2. The second-order valence-corrected chi connectivity index (χ2v) is 7.02. The molecule has 1 aromatic heterocycles. The van der Waals surface area contributed by atoms with E-state index in [0.29, 0.717) is 11.8 Å². The van der Waals surface area contributed by atoms with Crippen LogP contribution in [0, 0.1) is 0 Å². The molecular weight excluding hydrogens is 312 g/mol. The van der Waals surface area contributed by atoms with E-state index >= 15 is 0 Å². The van der Waals surface area contributed by atoms with E-state index in [0.717, 1.165) is 43.2 Å². The van der Waals surface area contributed by atoms with Crippen molar-refractivity contribution in [3.8, 4) is 0 Å². The van der Waals surface area contributed by atoms with Gasteiger partial charge in [-0.3, -0.25) is 4.79 Å². The monoisotopic (exact) mass is 336 g/mol. The van der Waals surface area contributed by atoms with Crippen molar-refractivity contribution < 1.29 is 9.53 Å². The van der Waals surface area contributed by atoms with E-state index in [2.05, 4.69) is 35.4 Å². The fraction of sp³-hybridized carbons (Fsp3) is 0.381. The summed E-state index contributed by atoms with van der Waals surface area (Å²) in [7, 11) is 0. The van der Waals surface area contributed by atoms with E-state index in [9.17, 15) is 4.79 Å². The van der Waals surface area contributed by atoms with Gasteiger partial charge in [0.25, 0.3) is 5.91 Å². The maximum absolute atomic E-state index is 12.6. The molecule has 0 bridgehead atoms. The molecule has 4 nitrogen and oxygen atoms in total. The number of fused-ring (bicyclic) bond motifs is 3. The Hall–Kier alpha value is -2.33. The Morgan fingerprint density at radius 2 is 2.16 bits per heavy atom. The molecule has 2 aromatic carbocycles. The summed E-state index contributed by atoms with van der Waals surface area (Å²) in [5, 5.41) is 6.55. The lowest BCUT2D eigenvalue weighted by Gasteiger charge is -2.15. The fourth-order valence-electron chi connectivity index (χ4n) is 3.69. The van der Waals surface area contributed by atoms with Crippen LogP contribution in [0.5, 0.6) is 0 Å². The number of ether oxygens (including phenoxy) is 1. The summed E-state index contributed by atoms with van der Waals surface area (Å²) in [6.45, 7) is 2.94. The van der Waals surface area contributed by atoms with Gasteiger partial charge < -0.3 is 15.0 Å². The number of rotatable bonds is 5. The maximum Gasteiger partial charge on any atom is 0.267 e. The van der Waals surface area contributed by atoms with Gasteiger partial charge in [-0.1, -0.05) is 30.3 Å². The number of aromatic nitrogens is 1. The number of H-pyrrole nitrogens is 1. The normalized spacial score (nSPS) is 18.7. The molecule has 2 atom stereocenters. The molecule has 1 saturated heterocycles. The van der Waals surface area contributed by atoms with E-state index in [-0.39, 0.29) is 11.9 Å². The highest BCUT2D eigenvalue weighted by Crippen LogP contribution is 2.26. The predicted molar refractivity (Wildman–Crippen MR) is 101 cm³/mol. The van der Waals surface area contributed by atoms with Crippen molar-refractivity contribution in [1.29, 1.82) is 0 Å². The molecule has 3 aromatic rings. The number of benzene rings is 2. The molecule has 2 N–H and O–H groups in total. The Bertz CT molecular complexity index is 893. The highest BCUT2D eigenvalue weighted by Gasteiger charge is 2.18. The van der Waals surface area contributed by atoms with Crippen LogP contribution in [0.4, 0.5) is 0 Å². The first-order valence-corrected chi connectivity index (χ1v) is 9.13. The second kappa shape index (κ2) is 6.89. The molecule has 1 aliphatic rings. The predicted octanol–water partition coefficient (Wildman–Crippen LogP) is 4.40. The van der Waals surface area contributed by atoms with Crippen LogP contribution < -0.4 is 5.32 Å². The number of hydrogen-bond donors (Lipinski definition) is 2. The van der Waals surface area contributed by atoms with E-state index in [1.807, 2.05) is 24.3 Å². The lowest BCUT2D eigenvalue weighted by Crippen LogP contribution is -2.33. The number of hydrogen-bond acceptors (Lipinski definition) is 2. The lowest BCUT2D eigenvalue weighted by molar-refractivity contribution is 0.0896. The van der Waals surface area contributed by atoms with E-state index in [4.69, 9.17) is 4.74 Å².